The number of nitrogens with one attached hydrogen (secondary N) is 10. The van der Waals surface area contributed by atoms with Gasteiger partial charge in [-0.25, -0.2) is 0 Å². The van der Waals surface area contributed by atoms with Gasteiger partial charge in [-0.1, -0.05) is 64.4 Å². The molecule has 28 nitrogen and oxygen atoms in total. The molecule has 3 rings (SSSR count). The van der Waals surface area contributed by atoms with Crippen LogP contribution in [0, 0.1) is 11.8 Å². The molecule has 2 fully saturated rings. The molecule has 2 aliphatic heterocycles. The molecule has 0 aliphatic carbocycles. The molecule has 12 amide bonds. The minimum Gasteiger partial charge on any atom is -0.481 e. The van der Waals surface area contributed by atoms with E-state index in [0.717, 1.165) is 0 Å². The normalized spacial score (nSPS) is 18.0. The molecule has 0 bridgehead atoms. The van der Waals surface area contributed by atoms with E-state index in [0.29, 0.717) is 30.6 Å². The number of rotatable bonds is 36. The van der Waals surface area contributed by atoms with Crippen LogP contribution in [-0.4, -0.2) is 191 Å². The molecule has 0 aromatic heterocycles. The quantitative estimate of drug-likeness (QED) is 0.0289. The van der Waals surface area contributed by atoms with Gasteiger partial charge in [0.2, 0.25) is 70.9 Å². The fraction of sp³-hybridized carbons (Fsp3) is 0.648. The maximum Gasteiger partial charge on any atom is 0.305 e. The zero-order valence-corrected chi connectivity index (χ0v) is 48.9. The predicted molar refractivity (Wildman–Crippen MR) is 304 cm³/mol. The van der Waals surface area contributed by atoms with Crippen LogP contribution in [0.1, 0.15) is 111 Å². The number of carboxylic acids is 1. The molecule has 2 saturated heterocycles. The number of hydrogen-bond acceptors (Lipinski definition) is 16. The number of carbonyl (C=O) groups excluding carboxylic acids is 12. The second-order valence-corrected chi connectivity index (χ2v) is 22.1. The smallest absolute Gasteiger partial charge is 0.305 e. The molecule has 0 spiro atoms. The van der Waals surface area contributed by atoms with Crippen LogP contribution in [0.15, 0.2) is 30.3 Å². The number of hydrogen-bond donors (Lipinski definition) is 14. The van der Waals surface area contributed by atoms with Gasteiger partial charge in [-0.15, -0.1) is 0 Å². The number of likely N-dealkylation sites (tertiary alicyclic amines) is 1. The summed E-state index contributed by atoms with van der Waals surface area (Å²) in [6.45, 7) is 7.18. The third-order valence-corrected chi connectivity index (χ3v) is 14.7. The number of amides is 12. The largest absolute Gasteiger partial charge is 0.481 e. The van der Waals surface area contributed by atoms with Gasteiger partial charge in [0, 0.05) is 19.4 Å². The molecule has 1 aromatic rings. The van der Waals surface area contributed by atoms with E-state index in [4.69, 9.17) is 11.5 Å². The Morgan fingerprint density at radius 3 is 1.93 bits per heavy atom. The van der Waals surface area contributed by atoms with Crippen molar-refractivity contribution in [2.45, 2.75) is 172 Å². The number of unbranched alkanes of at least 4 members (excludes halogenated alkanes) is 1. The van der Waals surface area contributed by atoms with Gasteiger partial charge in [-0.2, -0.15) is 11.8 Å². The molecule has 1 aromatic carbocycles. The highest BCUT2D eigenvalue weighted by Crippen LogP contribution is 2.22. The van der Waals surface area contributed by atoms with Crippen LogP contribution in [0.5, 0.6) is 0 Å². The zero-order chi connectivity index (χ0) is 61.9. The number of carbonyl (C=O) groups is 13. The number of aliphatic hydroxyl groups excluding tert-OH is 1. The molecule has 0 radical (unpaired) electrons. The first-order chi connectivity index (χ1) is 39.3. The van der Waals surface area contributed by atoms with Crippen molar-refractivity contribution >= 4 is 88.6 Å². The zero-order valence-electron chi connectivity index (χ0n) is 48.0. The second kappa shape index (κ2) is 35.6. The first-order valence-electron chi connectivity index (χ1n) is 28.0. The Morgan fingerprint density at radius 2 is 1.34 bits per heavy atom. The molecule has 1 unspecified atom stereocenters. The number of thioether (sulfide) groups is 1. The Hall–Kier alpha value is -7.40. The van der Waals surface area contributed by atoms with Crippen LogP contribution in [0.2, 0.25) is 0 Å². The summed E-state index contributed by atoms with van der Waals surface area (Å²) in [7, 11) is 0. The second-order valence-electron chi connectivity index (χ2n) is 21.2. The number of aliphatic carboxylic acids is 1. The Morgan fingerprint density at radius 1 is 0.723 bits per heavy atom. The summed E-state index contributed by atoms with van der Waals surface area (Å²) in [5.74, 6) is -11.0. The number of benzene rings is 1. The number of carboxylic acid groups (broad SMARTS) is 1. The standard InChI is InChI=1S/C54H85N13O15S/c1-7-30(4)44(53(81)57-27-42(70)60-36(24-29(2)3)49(77)61-33(45(56)73)20-23-83-6)66-50(78)37(25-32-14-9-8-10-15-32)63-46(74)31(5)58-48(76)38(26-43(71)72)64-47(75)34(16-11-12-21-55)62-51(79)39(28-68)65-52(80)40-17-13-22-67(40)54(82)35-18-19-41(69)59-35/h8-10,14-15,29-31,33-40,44,68H,7,11-13,16-28,55H2,1-6H3,(H2,56,73)(H,57,81)(H,58,76)(H,59,69)(H,60,70)(H,61,77)(H,62,79)(H,63,74)(H,64,75)(H,65,80)(H,66,78)(H,71,72)/t30-,31+,33+,34+,35?,36+,37-,38+,39-,40-,44+/m1/s1. The lowest BCUT2D eigenvalue weighted by molar-refractivity contribution is -0.142. The summed E-state index contributed by atoms with van der Waals surface area (Å²) in [5.41, 5.74) is 11.8. The van der Waals surface area contributed by atoms with Crippen LogP contribution in [0.4, 0.5) is 0 Å². The predicted octanol–water partition coefficient (Wildman–Crippen LogP) is -3.56. The van der Waals surface area contributed by atoms with Gasteiger partial charge < -0.3 is 79.7 Å². The average molecular weight is 1190 g/mol. The highest BCUT2D eigenvalue weighted by atomic mass is 32.2. The molecule has 83 heavy (non-hydrogen) atoms. The van der Waals surface area contributed by atoms with Crippen molar-refractivity contribution in [1.82, 2.24) is 58.1 Å². The summed E-state index contributed by atoms with van der Waals surface area (Å²) in [4.78, 5) is 174. The van der Waals surface area contributed by atoms with E-state index in [1.165, 1.54) is 23.6 Å². The van der Waals surface area contributed by atoms with E-state index in [-0.39, 0.29) is 76.3 Å². The minimum atomic E-state index is -1.85. The van der Waals surface area contributed by atoms with E-state index < -0.39 is 157 Å². The van der Waals surface area contributed by atoms with Crippen molar-refractivity contribution in [1.29, 1.82) is 0 Å². The minimum absolute atomic E-state index is 0.0722. The number of nitrogens with two attached hydrogens (primary N) is 2. The fourth-order valence-corrected chi connectivity index (χ4v) is 9.64. The average Bonchev–Trinajstić information content (AvgIpc) is 4.13. The fourth-order valence-electron chi connectivity index (χ4n) is 9.16. The van der Waals surface area contributed by atoms with Gasteiger partial charge in [0.1, 0.15) is 60.4 Å². The van der Waals surface area contributed by atoms with Crippen LogP contribution in [0.25, 0.3) is 0 Å². The third kappa shape index (κ3) is 23.4. The highest BCUT2D eigenvalue weighted by Gasteiger charge is 2.41. The molecule has 11 atom stereocenters. The maximum atomic E-state index is 14.2. The number of aliphatic hydroxyl groups is 1. The summed E-state index contributed by atoms with van der Waals surface area (Å²) in [6.07, 6.45) is 3.13. The van der Waals surface area contributed by atoms with Crippen LogP contribution < -0.4 is 64.6 Å². The van der Waals surface area contributed by atoms with E-state index in [1.54, 1.807) is 44.2 Å². The van der Waals surface area contributed by atoms with Gasteiger partial charge in [0.15, 0.2) is 0 Å². The number of primary amides is 1. The first-order valence-corrected chi connectivity index (χ1v) is 29.4. The van der Waals surface area contributed by atoms with Gasteiger partial charge in [-0.3, -0.25) is 62.3 Å². The van der Waals surface area contributed by atoms with Crippen molar-refractivity contribution in [3.63, 3.8) is 0 Å². The number of nitrogens with zero attached hydrogens (tertiary/aromatic N) is 1. The maximum absolute atomic E-state index is 14.2. The SMILES string of the molecule is CC[C@@H](C)[C@H](NC(=O)[C@@H](Cc1ccccc1)NC(=O)[C@H](C)NC(=O)[C@H](CC(=O)O)NC(=O)[C@H](CCCCN)NC(=O)[C@@H](CO)NC(=O)[C@H]1CCCN1C(=O)C1CCC(=O)N1)C(=O)NCC(=O)N[C@@H](CC(C)C)C(=O)N[C@@H](CCSC)C(N)=O. The molecule has 2 aliphatic rings. The summed E-state index contributed by atoms with van der Waals surface area (Å²) < 4.78 is 0. The highest BCUT2D eigenvalue weighted by molar-refractivity contribution is 7.98. The summed E-state index contributed by atoms with van der Waals surface area (Å²) in [5, 5.41) is 45.1. The van der Waals surface area contributed by atoms with E-state index in [9.17, 15) is 72.5 Å². The lowest BCUT2D eigenvalue weighted by Gasteiger charge is -2.28. The Labute approximate surface area is 487 Å². The van der Waals surface area contributed by atoms with Gasteiger partial charge in [0.25, 0.3) is 0 Å². The summed E-state index contributed by atoms with van der Waals surface area (Å²) in [6, 6.07) is -4.53. The van der Waals surface area contributed by atoms with Gasteiger partial charge >= 0.3 is 5.97 Å². The molecule has 16 N–H and O–H groups in total. The molecule has 2 heterocycles. The monoisotopic (exact) mass is 1190 g/mol. The van der Waals surface area contributed by atoms with Crippen molar-refractivity contribution in [2.24, 2.45) is 23.3 Å². The van der Waals surface area contributed by atoms with Crippen molar-refractivity contribution in [3.8, 4) is 0 Å². The third-order valence-electron chi connectivity index (χ3n) is 14.1. The molecule has 29 heteroatoms. The molecular weight excluding hydrogens is 1100 g/mol. The Balaban J connectivity index is 1.75. The van der Waals surface area contributed by atoms with Crippen LogP contribution >= 0.6 is 11.8 Å². The van der Waals surface area contributed by atoms with Gasteiger partial charge in [0.05, 0.1) is 19.6 Å². The molecule has 462 valence electrons. The van der Waals surface area contributed by atoms with Crippen LogP contribution in [-0.2, 0) is 68.7 Å². The molecule has 0 saturated carbocycles. The lowest BCUT2D eigenvalue weighted by Crippen LogP contribution is -2.61. The van der Waals surface area contributed by atoms with E-state index in [2.05, 4.69) is 53.2 Å². The van der Waals surface area contributed by atoms with Crippen LogP contribution in [0.3, 0.4) is 0 Å². The van der Waals surface area contributed by atoms with Crippen molar-refractivity contribution in [3.05, 3.63) is 35.9 Å². The van der Waals surface area contributed by atoms with E-state index >= 15 is 0 Å². The van der Waals surface area contributed by atoms with Crippen molar-refractivity contribution < 1.29 is 72.5 Å². The van der Waals surface area contributed by atoms with Gasteiger partial charge in [-0.05, 0) is 94.2 Å². The van der Waals surface area contributed by atoms with Crippen molar-refractivity contribution in [2.75, 3.05) is 38.2 Å². The summed E-state index contributed by atoms with van der Waals surface area (Å²) >= 11 is 1.46. The Kier molecular flexibility index (Phi) is 29.9. The molecular formula is C54H85N13O15S. The topological polar surface area (TPSA) is 438 Å². The lowest BCUT2D eigenvalue weighted by atomic mass is 9.97. The van der Waals surface area contributed by atoms with E-state index in [1.807, 2.05) is 20.1 Å². The Bertz CT molecular complexity index is 2440. The first kappa shape index (κ1) is 69.9.